The van der Waals surface area contributed by atoms with Crippen molar-refractivity contribution in [3.63, 3.8) is 0 Å². The summed E-state index contributed by atoms with van der Waals surface area (Å²) >= 11 is 12.6. The Morgan fingerprint density at radius 3 is 2.24 bits per heavy atom. The predicted molar refractivity (Wildman–Crippen MR) is 138 cm³/mol. The van der Waals surface area contributed by atoms with E-state index in [1.54, 1.807) is 12.3 Å². The fraction of sp³-hybridized carbons (Fsp3) is 0.577. The van der Waals surface area contributed by atoms with Crippen LogP contribution in [0.25, 0.3) is 0 Å². The van der Waals surface area contributed by atoms with E-state index in [-0.39, 0.29) is 11.9 Å². The van der Waals surface area contributed by atoms with Crippen LogP contribution in [0.5, 0.6) is 0 Å². The van der Waals surface area contributed by atoms with Gasteiger partial charge < -0.3 is 4.90 Å². The summed E-state index contributed by atoms with van der Waals surface area (Å²) in [7, 11) is 0. The number of amides is 1. The number of halogens is 2. The van der Waals surface area contributed by atoms with E-state index >= 15 is 0 Å². The first-order valence-corrected chi connectivity index (χ1v) is 13.1. The minimum atomic E-state index is -0.424. The van der Waals surface area contributed by atoms with Gasteiger partial charge in [-0.2, -0.15) is 5.10 Å². The highest BCUT2D eigenvalue weighted by Gasteiger charge is 2.40. The first-order valence-electron chi connectivity index (χ1n) is 12.3. The van der Waals surface area contributed by atoms with Gasteiger partial charge in [-0.1, -0.05) is 81.6 Å². The van der Waals surface area contributed by atoms with E-state index in [1.165, 1.54) is 25.7 Å². The summed E-state index contributed by atoms with van der Waals surface area (Å²) in [5.41, 5.74) is 1.73. The first-order chi connectivity index (χ1) is 16.0. The van der Waals surface area contributed by atoms with Gasteiger partial charge >= 0.3 is 0 Å². The minimum absolute atomic E-state index is 0.126. The number of hydrogen-bond acceptors (Lipinski definition) is 3. The van der Waals surface area contributed by atoms with E-state index in [9.17, 15) is 4.79 Å². The molecular formula is C26H36Cl2N4O. The molecule has 3 rings (SSSR count). The molecule has 2 heterocycles. The smallest absolute Gasteiger partial charge is 0.233 e. The molecule has 1 aliphatic heterocycles. The van der Waals surface area contributed by atoms with Crippen LogP contribution in [0.2, 0.25) is 10.0 Å². The summed E-state index contributed by atoms with van der Waals surface area (Å²) in [5, 5.41) is 5.50. The molecule has 0 spiro atoms. The van der Waals surface area contributed by atoms with E-state index in [1.807, 2.05) is 29.8 Å². The monoisotopic (exact) mass is 490 g/mol. The van der Waals surface area contributed by atoms with Gasteiger partial charge in [-0.3, -0.25) is 4.79 Å². The van der Waals surface area contributed by atoms with Crippen molar-refractivity contribution in [3.05, 3.63) is 46.1 Å². The molecule has 2 unspecified atom stereocenters. The number of fused-ring (bicyclic) bond motifs is 1. The van der Waals surface area contributed by atoms with Crippen LogP contribution in [0, 0.1) is 5.92 Å². The lowest BCUT2D eigenvalue weighted by Crippen LogP contribution is -2.45. The number of aromatic nitrogens is 2. The highest BCUT2D eigenvalue weighted by Crippen LogP contribution is 2.38. The Morgan fingerprint density at radius 1 is 0.970 bits per heavy atom. The van der Waals surface area contributed by atoms with Gasteiger partial charge in [0.2, 0.25) is 5.91 Å². The van der Waals surface area contributed by atoms with E-state index < -0.39 is 5.92 Å². The number of nitrogens with zero attached hydrogens (tertiary/aromatic N) is 4. The standard InChI is InChI=1S/C26H36Cl2N4O/c1-4-6-8-10-16-31(17-11-9-7-5-2)26(33)24-19(3)30-23-14-15-29-32(23)25(24)20-12-13-21(27)22(28)18-20/h12-15,18,24-25H,4-11,16-17H2,1-3H3. The lowest BCUT2D eigenvalue weighted by molar-refractivity contribution is -0.134. The molecule has 0 bridgehead atoms. The van der Waals surface area contributed by atoms with Crippen molar-refractivity contribution in [1.82, 2.24) is 14.7 Å². The molecule has 2 atom stereocenters. The van der Waals surface area contributed by atoms with Crippen LogP contribution in [-0.2, 0) is 4.79 Å². The molecule has 0 saturated heterocycles. The molecule has 0 fully saturated rings. The highest BCUT2D eigenvalue weighted by molar-refractivity contribution is 6.42. The summed E-state index contributed by atoms with van der Waals surface area (Å²) in [5.74, 6) is 0.457. The number of carbonyl (C=O) groups excluding carboxylic acids is 1. The molecule has 1 aromatic heterocycles. The summed E-state index contributed by atoms with van der Waals surface area (Å²) in [4.78, 5) is 20.8. The Balaban J connectivity index is 1.91. The van der Waals surface area contributed by atoms with Crippen LogP contribution in [-0.4, -0.2) is 39.4 Å². The van der Waals surface area contributed by atoms with Crippen LogP contribution in [0.1, 0.15) is 83.7 Å². The van der Waals surface area contributed by atoms with Crippen molar-refractivity contribution < 1.29 is 4.79 Å². The molecule has 180 valence electrons. The fourth-order valence-electron chi connectivity index (χ4n) is 4.56. The number of carbonyl (C=O) groups is 1. The molecule has 0 radical (unpaired) electrons. The van der Waals surface area contributed by atoms with Crippen LogP contribution < -0.4 is 0 Å². The topological polar surface area (TPSA) is 50.5 Å². The third kappa shape index (κ3) is 6.39. The quantitative estimate of drug-likeness (QED) is 0.289. The normalized spacial score (nSPS) is 17.5. The van der Waals surface area contributed by atoms with Gasteiger partial charge in [0, 0.05) is 24.9 Å². The van der Waals surface area contributed by atoms with Crippen molar-refractivity contribution >= 4 is 40.6 Å². The van der Waals surface area contributed by atoms with E-state index in [4.69, 9.17) is 28.2 Å². The average Bonchev–Trinajstić information content (AvgIpc) is 3.26. The Bertz CT molecular complexity index is 944. The second-order valence-electron chi connectivity index (χ2n) is 8.93. The largest absolute Gasteiger partial charge is 0.342 e. The SMILES string of the molecule is CCCCCCN(CCCCCC)C(=O)C1C(C)=Nc2ccnn2C1c1ccc(Cl)c(Cl)c1. The molecule has 1 aromatic carbocycles. The number of aliphatic imine (C=N–C) groups is 1. The number of unbranched alkanes of at least 4 members (excludes halogenated alkanes) is 6. The summed E-state index contributed by atoms with van der Waals surface area (Å²) < 4.78 is 1.85. The van der Waals surface area contributed by atoms with Crippen molar-refractivity contribution in [1.29, 1.82) is 0 Å². The zero-order valence-electron chi connectivity index (χ0n) is 20.1. The lowest BCUT2D eigenvalue weighted by Gasteiger charge is -2.35. The van der Waals surface area contributed by atoms with Crippen molar-refractivity contribution in [2.75, 3.05) is 13.1 Å². The lowest BCUT2D eigenvalue weighted by atomic mass is 9.87. The number of benzene rings is 1. The Kier molecular flexibility index (Phi) is 9.81. The van der Waals surface area contributed by atoms with Gasteiger partial charge in [0.05, 0.1) is 22.3 Å². The predicted octanol–water partition coefficient (Wildman–Crippen LogP) is 7.49. The molecule has 0 saturated carbocycles. The van der Waals surface area contributed by atoms with Crippen LogP contribution >= 0.6 is 23.2 Å². The number of hydrogen-bond donors (Lipinski definition) is 0. The van der Waals surface area contributed by atoms with Crippen molar-refractivity contribution in [2.45, 2.75) is 78.2 Å². The van der Waals surface area contributed by atoms with Gasteiger partial charge in [-0.15, -0.1) is 0 Å². The van der Waals surface area contributed by atoms with Gasteiger partial charge in [-0.05, 0) is 37.5 Å². The van der Waals surface area contributed by atoms with Gasteiger partial charge in [0.15, 0.2) is 5.82 Å². The van der Waals surface area contributed by atoms with Crippen LogP contribution in [0.15, 0.2) is 35.5 Å². The summed E-state index contributed by atoms with van der Waals surface area (Å²) in [6.07, 6.45) is 10.8. The molecule has 1 aliphatic rings. The minimum Gasteiger partial charge on any atom is -0.342 e. The maximum absolute atomic E-state index is 14.0. The van der Waals surface area contributed by atoms with Crippen molar-refractivity contribution in [2.24, 2.45) is 10.9 Å². The molecule has 0 aliphatic carbocycles. The first kappa shape index (κ1) is 25.8. The van der Waals surface area contributed by atoms with Gasteiger partial charge in [0.1, 0.15) is 5.92 Å². The van der Waals surface area contributed by atoms with Crippen LogP contribution in [0.4, 0.5) is 5.82 Å². The second-order valence-corrected chi connectivity index (χ2v) is 9.74. The maximum Gasteiger partial charge on any atom is 0.233 e. The second kappa shape index (κ2) is 12.6. The molecule has 7 heteroatoms. The number of rotatable bonds is 12. The average molecular weight is 492 g/mol. The Labute approximate surface area is 208 Å². The third-order valence-corrected chi connectivity index (χ3v) is 7.13. The fourth-order valence-corrected chi connectivity index (χ4v) is 4.87. The van der Waals surface area contributed by atoms with Crippen molar-refractivity contribution in [3.8, 4) is 0 Å². The molecule has 1 amide bonds. The molecule has 0 N–H and O–H groups in total. The molecule has 5 nitrogen and oxygen atoms in total. The third-order valence-electron chi connectivity index (χ3n) is 6.40. The van der Waals surface area contributed by atoms with Gasteiger partial charge in [0.25, 0.3) is 0 Å². The highest BCUT2D eigenvalue weighted by atomic mass is 35.5. The van der Waals surface area contributed by atoms with E-state index in [0.717, 1.165) is 55.9 Å². The Hall–Kier alpha value is -1.85. The molecule has 33 heavy (non-hydrogen) atoms. The molecule has 2 aromatic rings. The van der Waals surface area contributed by atoms with E-state index in [2.05, 4.69) is 23.8 Å². The van der Waals surface area contributed by atoms with Crippen LogP contribution in [0.3, 0.4) is 0 Å². The maximum atomic E-state index is 14.0. The zero-order valence-corrected chi connectivity index (χ0v) is 21.6. The molecular weight excluding hydrogens is 455 g/mol. The summed E-state index contributed by atoms with van der Waals surface area (Å²) in [6.45, 7) is 7.94. The summed E-state index contributed by atoms with van der Waals surface area (Å²) in [6, 6.07) is 7.16. The Morgan fingerprint density at radius 2 is 1.64 bits per heavy atom. The zero-order chi connectivity index (χ0) is 23.8. The van der Waals surface area contributed by atoms with E-state index in [0.29, 0.717) is 10.0 Å². The van der Waals surface area contributed by atoms with Gasteiger partial charge in [-0.25, -0.2) is 9.67 Å².